The van der Waals surface area contributed by atoms with Gasteiger partial charge in [-0.15, -0.1) is 0 Å². The first-order chi connectivity index (χ1) is 11.7. The first-order valence-corrected chi connectivity index (χ1v) is 8.27. The van der Waals surface area contributed by atoms with Crippen LogP contribution in [0.3, 0.4) is 0 Å². The van der Waals surface area contributed by atoms with E-state index in [0.29, 0.717) is 18.7 Å². The molecule has 1 heterocycles. The number of carbonyl (C=O) groups is 1. The van der Waals surface area contributed by atoms with Crippen LogP contribution in [0, 0.1) is 0 Å². The van der Waals surface area contributed by atoms with Crippen molar-refractivity contribution in [2.75, 3.05) is 32.1 Å². The number of benzene rings is 1. The number of hydrogen-bond acceptors (Lipinski definition) is 4. The van der Waals surface area contributed by atoms with Gasteiger partial charge in [-0.25, -0.2) is 0 Å². The highest BCUT2D eigenvalue weighted by Crippen LogP contribution is 2.12. The van der Waals surface area contributed by atoms with Gasteiger partial charge >= 0.3 is 0 Å². The van der Waals surface area contributed by atoms with Crippen LogP contribution < -0.4 is 10.6 Å². The first kappa shape index (κ1) is 18.2. The third-order valence-electron chi connectivity index (χ3n) is 3.44. The number of amides is 1. The molecule has 0 saturated heterocycles. The van der Waals surface area contributed by atoms with Crippen LogP contribution in [0.1, 0.15) is 22.3 Å². The van der Waals surface area contributed by atoms with E-state index in [9.17, 15) is 4.79 Å². The molecule has 6 heteroatoms. The van der Waals surface area contributed by atoms with Gasteiger partial charge in [0, 0.05) is 44.2 Å². The van der Waals surface area contributed by atoms with Crippen LogP contribution in [-0.2, 0) is 11.2 Å². The summed E-state index contributed by atoms with van der Waals surface area (Å²) < 4.78 is 4.95. The van der Waals surface area contributed by atoms with Crippen LogP contribution in [0.4, 0.5) is 5.69 Å². The topological polar surface area (TPSA) is 63.2 Å². The average Bonchev–Trinajstić information content (AvgIpc) is 2.59. The van der Waals surface area contributed by atoms with Crippen LogP contribution in [0.15, 0.2) is 42.7 Å². The maximum absolute atomic E-state index is 12.1. The van der Waals surface area contributed by atoms with Gasteiger partial charge in [0.25, 0.3) is 5.91 Å². The van der Waals surface area contributed by atoms with Crippen molar-refractivity contribution in [2.24, 2.45) is 0 Å². The summed E-state index contributed by atoms with van der Waals surface area (Å²) in [6, 6.07) is 9.59. The molecule has 1 aromatic heterocycles. The van der Waals surface area contributed by atoms with Crippen LogP contribution >= 0.6 is 11.6 Å². The highest BCUT2D eigenvalue weighted by atomic mass is 35.5. The maximum atomic E-state index is 12.1. The van der Waals surface area contributed by atoms with E-state index in [2.05, 4.69) is 15.6 Å². The molecule has 0 fully saturated rings. The van der Waals surface area contributed by atoms with Crippen LogP contribution in [0.5, 0.6) is 0 Å². The molecule has 0 aliphatic heterocycles. The molecule has 0 aliphatic rings. The second-order valence-electron chi connectivity index (χ2n) is 5.37. The van der Waals surface area contributed by atoms with E-state index in [4.69, 9.17) is 16.3 Å². The van der Waals surface area contributed by atoms with Crippen LogP contribution in [0.25, 0.3) is 0 Å². The number of rotatable bonds is 9. The summed E-state index contributed by atoms with van der Waals surface area (Å²) in [4.78, 5) is 16.2. The number of carbonyl (C=O) groups excluding carboxylic acids is 1. The van der Waals surface area contributed by atoms with Crippen molar-refractivity contribution in [1.29, 1.82) is 0 Å². The number of pyridine rings is 1. The zero-order valence-corrected chi connectivity index (χ0v) is 14.5. The van der Waals surface area contributed by atoms with Crippen molar-refractivity contribution in [3.8, 4) is 0 Å². The summed E-state index contributed by atoms with van der Waals surface area (Å²) in [6.45, 7) is 1.95. The molecule has 128 valence electrons. The zero-order valence-electron chi connectivity index (χ0n) is 13.7. The summed E-state index contributed by atoms with van der Waals surface area (Å²) in [5, 5.41) is 6.86. The maximum Gasteiger partial charge on any atom is 0.252 e. The lowest BCUT2D eigenvalue weighted by molar-refractivity contribution is 0.0948. The number of anilines is 1. The molecule has 0 bridgehead atoms. The number of halogens is 1. The highest BCUT2D eigenvalue weighted by Gasteiger charge is 2.06. The molecule has 0 unspecified atom stereocenters. The molecular weight excluding hydrogens is 326 g/mol. The minimum absolute atomic E-state index is 0.128. The zero-order chi connectivity index (χ0) is 17.2. The fourth-order valence-corrected chi connectivity index (χ4v) is 2.44. The van der Waals surface area contributed by atoms with Gasteiger partial charge in [0.1, 0.15) is 0 Å². The Kier molecular flexibility index (Phi) is 7.52. The third-order valence-corrected chi connectivity index (χ3v) is 3.68. The van der Waals surface area contributed by atoms with E-state index in [1.54, 1.807) is 25.6 Å². The van der Waals surface area contributed by atoms with Crippen molar-refractivity contribution in [3.63, 3.8) is 0 Å². The van der Waals surface area contributed by atoms with Crippen LogP contribution in [0.2, 0.25) is 5.02 Å². The molecule has 1 aromatic carbocycles. The Morgan fingerprint density at radius 3 is 2.92 bits per heavy atom. The molecule has 0 radical (unpaired) electrons. The van der Waals surface area contributed by atoms with Crippen molar-refractivity contribution in [3.05, 3.63) is 58.9 Å². The van der Waals surface area contributed by atoms with Crippen LogP contribution in [-0.4, -0.2) is 37.7 Å². The Morgan fingerprint density at radius 1 is 1.25 bits per heavy atom. The number of nitrogens with one attached hydrogen (secondary N) is 2. The summed E-state index contributed by atoms with van der Waals surface area (Å²) in [5.74, 6) is -0.128. The molecule has 0 spiro atoms. The number of methoxy groups -OCH3 is 1. The molecule has 2 rings (SSSR count). The predicted molar refractivity (Wildman–Crippen MR) is 96.7 cm³/mol. The quantitative estimate of drug-likeness (QED) is 0.684. The lowest BCUT2D eigenvalue weighted by Gasteiger charge is -2.09. The lowest BCUT2D eigenvalue weighted by atomic mass is 10.1. The Bertz CT molecular complexity index is 664. The predicted octanol–water partition coefficient (Wildman–Crippen LogP) is 3.16. The Balaban J connectivity index is 1.82. The van der Waals surface area contributed by atoms with Gasteiger partial charge in [-0.2, -0.15) is 0 Å². The van der Waals surface area contributed by atoms with Gasteiger partial charge in [0.05, 0.1) is 11.3 Å². The molecule has 2 N–H and O–H groups in total. The van der Waals surface area contributed by atoms with Crippen molar-refractivity contribution in [1.82, 2.24) is 10.3 Å². The Hall–Kier alpha value is -2.11. The van der Waals surface area contributed by atoms with Gasteiger partial charge in [0.2, 0.25) is 0 Å². The van der Waals surface area contributed by atoms with E-state index in [-0.39, 0.29) is 5.91 Å². The standard InChI is InChI=1S/C18H22ClN3O2/c1-24-9-3-7-22-18(23)15-11-17(13-20-12-15)21-8-6-14-4-2-5-16(19)10-14/h2,4-5,10-13,21H,3,6-9H2,1H3,(H,22,23). The van der Waals surface area contributed by atoms with Gasteiger partial charge < -0.3 is 15.4 Å². The Labute approximate surface area is 147 Å². The molecule has 24 heavy (non-hydrogen) atoms. The SMILES string of the molecule is COCCCNC(=O)c1cncc(NCCc2cccc(Cl)c2)c1. The highest BCUT2D eigenvalue weighted by molar-refractivity contribution is 6.30. The average molecular weight is 348 g/mol. The minimum atomic E-state index is -0.128. The molecule has 0 atom stereocenters. The molecule has 1 amide bonds. The lowest BCUT2D eigenvalue weighted by Crippen LogP contribution is -2.25. The van der Waals surface area contributed by atoms with E-state index in [0.717, 1.165) is 35.7 Å². The van der Waals surface area contributed by atoms with E-state index < -0.39 is 0 Å². The molecule has 0 aliphatic carbocycles. The number of ether oxygens (including phenoxy) is 1. The second-order valence-corrected chi connectivity index (χ2v) is 5.81. The normalized spacial score (nSPS) is 10.4. The second kappa shape index (κ2) is 9.90. The summed E-state index contributed by atoms with van der Waals surface area (Å²) in [7, 11) is 1.64. The fourth-order valence-electron chi connectivity index (χ4n) is 2.22. The molecule has 5 nitrogen and oxygen atoms in total. The number of hydrogen-bond donors (Lipinski definition) is 2. The van der Waals surface area contributed by atoms with Gasteiger partial charge in [-0.1, -0.05) is 23.7 Å². The molecular formula is C18H22ClN3O2. The van der Waals surface area contributed by atoms with Crippen molar-refractivity contribution in [2.45, 2.75) is 12.8 Å². The summed E-state index contributed by atoms with van der Waals surface area (Å²) in [5.41, 5.74) is 2.52. The van der Waals surface area contributed by atoms with E-state index in [1.165, 1.54) is 0 Å². The minimum Gasteiger partial charge on any atom is -0.385 e. The Morgan fingerprint density at radius 2 is 2.12 bits per heavy atom. The van der Waals surface area contributed by atoms with E-state index >= 15 is 0 Å². The third kappa shape index (κ3) is 6.18. The van der Waals surface area contributed by atoms with Gasteiger partial charge in [-0.3, -0.25) is 9.78 Å². The largest absolute Gasteiger partial charge is 0.385 e. The molecule has 0 saturated carbocycles. The number of nitrogens with zero attached hydrogens (tertiary/aromatic N) is 1. The van der Waals surface area contributed by atoms with Crippen molar-refractivity contribution < 1.29 is 9.53 Å². The smallest absolute Gasteiger partial charge is 0.252 e. The van der Waals surface area contributed by atoms with E-state index in [1.807, 2.05) is 24.3 Å². The first-order valence-electron chi connectivity index (χ1n) is 7.89. The summed E-state index contributed by atoms with van der Waals surface area (Å²) >= 11 is 5.98. The summed E-state index contributed by atoms with van der Waals surface area (Å²) in [6.07, 6.45) is 4.90. The van der Waals surface area contributed by atoms with Gasteiger partial charge in [-0.05, 0) is 36.6 Å². The fraction of sp³-hybridized carbons (Fsp3) is 0.333. The number of aromatic nitrogens is 1. The van der Waals surface area contributed by atoms with Gasteiger partial charge in [0.15, 0.2) is 0 Å². The monoisotopic (exact) mass is 347 g/mol. The molecule has 2 aromatic rings. The van der Waals surface area contributed by atoms with Crippen molar-refractivity contribution >= 4 is 23.2 Å².